The molecule has 0 aliphatic carbocycles. The van der Waals surface area contributed by atoms with E-state index in [9.17, 15) is 0 Å². The summed E-state index contributed by atoms with van der Waals surface area (Å²) in [5.41, 5.74) is 1.99. The van der Waals surface area contributed by atoms with Gasteiger partial charge in [-0.2, -0.15) is 10.2 Å². The zero-order valence-electron chi connectivity index (χ0n) is 19.1. The predicted octanol–water partition coefficient (Wildman–Crippen LogP) is 4.42. The molecule has 0 N–H and O–H groups in total. The van der Waals surface area contributed by atoms with Gasteiger partial charge in [0.2, 0.25) is 0 Å². The van der Waals surface area contributed by atoms with Gasteiger partial charge in [0, 0.05) is 11.1 Å². The second kappa shape index (κ2) is 12.2. The van der Waals surface area contributed by atoms with E-state index in [0.29, 0.717) is 17.2 Å². The van der Waals surface area contributed by atoms with Gasteiger partial charge in [-0.05, 0) is 45.5 Å². The van der Waals surface area contributed by atoms with Crippen LogP contribution in [0.2, 0.25) is 0 Å². The third kappa shape index (κ3) is 6.60. The van der Waals surface area contributed by atoms with Gasteiger partial charge in [0.25, 0.3) is 0 Å². The second-order valence-corrected chi connectivity index (χ2v) is 10.1. The lowest BCUT2D eigenvalue weighted by molar-refractivity contribution is 0.415. The first kappa shape index (κ1) is 23.8. The van der Waals surface area contributed by atoms with Crippen molar-refractivity contribution in [3.8, 4) is 11.5 Å². The summed E-state index contributed by atoms with van der Waals surface area (Å²) in [5.74, 6) is 1.59. The van der Waals surface area contributed by atoms with E-state index < -0.39 is 0 Å². The quantitative estimate of drug-likeness (QED) is 0.201. The molecule has 0 fully saturated rings. The van der Waals surface area contributed by atoms with Crippen LogP contribution in [0, 0.1) is 0 Å². The van der Waals surface area contributed by atoms with E-state index in [-0.39, 0.29) is 0 Å². The van der Waals surface area contributed by atoms with Gasteiger partial charge in [0.1, 0.15) is 11.5 Å². The van der Waals surface area contributed by atoms with Crippen LogP contribution in [0.5, 0.6) is 11.5 Å². The van der Waals surface area contributed by atoms with Crippen molar-refractivity contribution < 1.29 is 9.47 Å². The highest BCUT2D eigenvalue weighted by atomic mass is 31.1. The first-order valence-electron chi connectivity index (χ1n) is 10.8. The van der Waals surface area contributed by atoms with Gasteiger partial charge in [0.05, 0.1) is 26.6 Å². The van der Waals surface area contributed by atoms with E-state index >= 15 is 0 Å². The molecule has 170 valence electrons. The smallest absolute Gasteiger partial charge is 0.119 e. The molecule has 4 aromatic carbocycles. The summed E-state index contributed by atoms with van der Waals surface area (Å²) in [4.78, 5) is 0. The van der Waals surface area contributed by atoms with Gasteiger partial charge < -0.3 is 9.47 Å². The fourth-order valence-electron chi connectivity index (χ4n) is 3.32. The minimum atomic E-state index is 0.524. The number of hydrogen-bond acceptors (Lipinski definition) is 4. The molecule has 6 heteroatoms. The highest BCUT2D eigenvalue weighted by Gasteiger charge is 2.06. The largest absolute Gasteiger partial charge is 0.497 e. The Balaban J connectivity index is 1.57. The number of methoxy groups -OCH3 is 2. The van der Waals surface area contributed by atoms with Crippen LogP contribution in [-0.4, -0.2) is 26.6 Å². The minimum Gasteiger partial charge on any atom is -0.497 e. The molecular weight excluding hydrogens is 458 g/mol. The van der Waals surface area contributed by atoms with Crippen molar-refractivity contribution in [2.45, 2.75) is 0 Å². The van der Waals surface area contributed by atoms with Crippen LogP contribution >= 0.6 is 17.2 Å². The van der Waals surface area contributed by atoms with Crippen LogP contribution in [0.1, 0.15) is 11.1 Å². The molecule has 0 saturated carbocycles. The fourth-order valence-corrected chi connectivity index (χ4v) is 5.56. The Labute approximate surface area is 204 Å². The van der Waals surface area contributed by atoms with Crippen LogP contribution in [0.4, 0.5) is 0 Å². The Morgan fingerprint density at radius 3 is 1.35 bits per heavy atom. The van der Waals surface area contributed by atoms with Gasteiger partial charge in [0.15, 0.2) is 0 Å². The average Bonchev–Trinajstić information content (AvgIpc) is 2.89. The molecule has 4 aromatic rings. The average molecular weight is 484 g/mol. The summed E-state index contributed by atoms with van der Waals surface area (Å²) in [6.07, 6.45) is 3.59. The molecule has 0 aromatic heterocycles. The van der Waals surface area contributed by atoms with Gasteiger partial charge in [-0.1, -0.05) is 90.0 Å². The molecular formula is C28H26N2O2P2. The second-order valence-electron chi connectivity index (χ2n) is 7.38. The maximum atomic E-state index is 5.42. The molecule has 34 heavy (non-hydrogen) atoms. The van der Waals surface area contributed by atoms with Crippen molar-refractivity contribution in [3.05, 3.63) is 108 Å². The molecule has 0 aliphatic heterocycles. The SMILES string of the molecule is COc1ccc(Pc2ccccc2)c(/C=N/N=C/c2cc(OC)ccc2Pc2ccccc2)c1. The number of rotatable bonds is 9. The van der Waals surface area contributed by atoms with Crippen LogP contribution < -0.4 is 30.7 Å². The maximum absolute atomic E-state index is 5.42. The van der Waals surface area contributed by atoms with Crippen molar-refractivity contribution in [3.63, 3.8) is 0 Å². The third-order valence-electron chi connectivity index (χ3n) is 5.08. The van der Waals surface area contributed by atoms with E-state index in [1.165, 1.54) is 21.2 Å². The van der Waals surface area contributed by atoms with Crippen molar-refractivity contribution in [1.82, 2.24) is 0 Å². The van der Waals surface area contributed by atoms with Crippen molar-refractivity contribution in [2.24, 2.45) is 10.2 Å². The van der Waals surface area contributed by atoms with Gasteiger partial charge in [-0.3, -0.25) is 0 Å². The van der Waals surface area contributed by atoms with Gasteiger partial charge >= 0.3 is 0 Å². The number of benzene rings is 4. The lowest BCUT2D eigenvalue weighted by Crippen LogP contribution is -2.09. The molecule has 0 radical (unpaired) electrons. The number of ether oxygens (including phenoxy) is 2. The lowest BCUT2D eigenvalue weighted by Gasteiger charge is -2.09. The molecule has 2 atom stereocenters. The van der Waals surface area contributed by atoms with E-state index in [1.54, 1.807) is 26.6 Å². The van der Waals surface area contributed by atoms with Crippen molar-refractivity contribution >= 4 is 50.8 Å². The van der Waals surface area contributed by atoms with E-state index in [0.717, 1.165) is 22.6 Å². The topological polar surface area (TPSA) is 43.2 Å². The zero-order chi connectivity index (χ0) is 23.6. The molecule has 0 heterocycles. The number of nitrogens with zero attached hydrogens (tertiary/aromatic N) is 2. The fraction of sp³-hybridized carbons (Fsp3) is 0.0714. The summed E-state index contributed by atoms with van der Waals surface area (Å²) in [7, 11) is 4.39. The predicted molar refractivity (Wildman–Crippen MR) is 149 cm³/mol. The van der Waals surface area contributed by atoms with Crippen LogP contribution in [0.15, 0.2) is 107 Å². The van der Waals surface area contributed by atoms with E-state index in [2.05, 4.69) is 70.9 Å². The van der Waals surface area contributed by atoms with Gasteiger partial charge in [-0.15, -0.1) is 0 Å². The van der Waals surface area contributed by atoms with Crippen molar-refractivity contribution in [2.75, 3.05) is 14.2 Å². The van der Waals surface area contributed by atoms with Gasteiger partial charge in [-0.25, -0.2) is 0 Å². The Morgan fingerprint density at radius 1 is 0.559 bits per heavy atom. The Kier molecular flexibility index (Phi) is 8.57. The van der Waals surface area contributed by atoms with Crippen LogP contribution in [-0.2, 0) is 0 Å². The highest BCUT2D eigenvalue weighted by Crippen LogP contribution is 2.19. The van der Waals surface area contributed by atoms with Crippen LogP contribution in [0.3, 0.4) is 0 Å². The monoisotopic (exact) mass is 484 g/mol. The zero-order valence-corrected chi connectivity index (χ0v) is 21.1. The summed E-state index contributed by atoms with van der Waals surface area (Å²) in [6, 6.07) is 33.0. The first-order valence-corrected chi connectivity index (χ1v) is 12.8. The molecule has 0 bridgehead atoms. The minimum absolute atomic E-state index is 0.524. The Hall–Kier alpha value is -3.32. The molecule has 0 spiro atoms. The molecule has 2 unspecified atom stereocenters. The molecule has 0 aliphatic rings. The maximum Gasteiger partial charge on any atom is 0.119 e. The molecule has 0 saturated heterocycles. The van der Waals surface area contributed by atoms with Crippen LogP contribution in [0.25, 0.3) is 0 Å². The summed E-state index contributed by atoms with van der Waals surface area (Å²) < 4.78 is 10.8. The summed E-state index contributed by atoms with van der Waals surface area (Å²) >= 11 is 0. The standard InChI is InChI=1S/C28H26N2O2P2/c1-31-23-13-15-27(33-25-9-5-3-6-10-25)21(17-23)19-29-30-20-22-18-24(32-2)14-16-28(22)34-26-11-7-4-8-12-26/h3-20,33-34H,1-2H3/b29-19+,30-20+. The molecule has 4 nitrogen and oxygen atoms in total. The molecule has 4 rings (SSSR count). The highest BCUT2D eigenvalue weighted by molar-refractivity contribution is 7.56. The van der Waals surface area contributed by atoms with E-state index in [4.69, 9.17) is 9.47 Å². The molecule has 0 amide bonds. The van der Waals surface area contributed by atoms with E-state index in [1.807, 2.05) is 36.4 Å². The Morgan fingerprint density at radius 2 is 0.971 bits per heavy atom. The Bertz CT molecular complexity index is 1180. The summed E-state index contributed by atoms with van der Waals surface area (Å²) in [6.45, 7) is 0. The first-order chi connectivity index (χ1) is 16.7. The third-order valence-corrected chi connectivity index (χ3v) is 7.78. The van der Waals surface area contributed by atoms with Crippen molar-refractivity contribution in [1.29, 1.82) is 0 Å². The summed E-state index contributed by atoms with van der Waals surface area (Å²) in [5, 5.41) is 13.7. The number of hydrogen-bond donors (Lipinski definition) is 0. The normalized spacial score (nSPS) is 11.9. The lowest BCUT2D eigenvalue weighted by atomic mass is 10.2.